The summed E-state index contributed by atoms with van der Waals surface area (Å²) >= 11 is 0. The normalized spacial score (nSPS) is 31.5. The topological polar surface area (TPSA) is 232 Å². The molecule has 0 saturated carbocycles. The summed E-state index contributed by atoms with van der Waals surface area (Å²) < 4.78 is 54.0. The van der Waals surface area contributed by atoms with Gasteiger partial charge in [0.15, 0.2) is 43.1 Å². The summed E-state index contributed by atoms with van der Waals surface area (Å²) in [6, 6.07) is 0. The molecule has 0 radical (unpaired) electrons. The summed E-state index contributed by atoms with van der Waals surface area (Å²) in [5, 5.41) is 10.8. The molecule has 0 aromatic heterocycles. The van der Waals surface area contributed by atoms with Crippen LogP contribution in [0.3, 0.4) is 0 Å². The third-order valence-electron chi connectivity index (χ3n) is 5.90. The van der Waals surface area contributed by atoms with E-state index in [0.29, 0.717) is 0 Å². The van der Waals surface area contributed by atoms with Crippen molar-refractivity contribution >= 4 is 41.8 Å². The quantitative estimate of drug-likeness (QED) is 0.203. The number of aliphatic hydroxyl groups is 1. The fourth-order valence-corrected chi connectivity index (χ4v) is 4.49. The van der Waals surface area contributed by atoms with Crippen molar-refractivity contribution in [3.8, 4) is 0 Å². The number of aliphatic hydroxyl groups excluding tert-OH is 1. The van der Waals surface area contributed by atoms with Crippen molar-refractivity contribution in [2.75, 3.05) is 13.2 Å². The minimum atomic E-state index is -1.94. The van der Waals surface area contributed by atoms with Crippen LogP contribution in [0.1, 0.15) is 48.5 Å². The third-order valence-corrected chi connectivity index (χ3v) is 5.90. The number of ether oxygens (including phenoxy) is 10. The van der Waals surface area contributed by atoms with Crippen LogP contribution in [-0.4, -0.2) is 122 Å². The van der Waals surface area contributed by atoms with Crippen LogP contribution < -0.4 is 0 Å². The highest BCUT2D eigenvalue weighted by Crippen LogP contribution is 2.35. The molecule has 0 spiro atoms. The van der Waals surface area contributed by atoms with E-state index in [9.17, 15) is 38.7 Å². The van der Waals surface area contributed by atoms with Crippen molar-refractivity contribution in [1.82, 2.24) is 0 Å². The molecule has 10 atom stereocenters. The molecule has 44 heavy (non-hydrogen) atoms. The van der Waals surface area contributed by atoms with Crippen LogP contribution in [0.4, 0.5) is 0 Å². The summed E-state index contributed by atoms with van der Waals surface area (Å²) in [5.41, 5.74) is 0. The predicted molar refractivity (Wildman–Crippen MR) is 135 cm³/mol. The van der Waals surface area contributed by atoms with Gasteiger partial charge in [0.25, 0.3) is 0 Å². The number of rotatable bonds is 11. The Kier molecular flexibility index (Phi) is 13.4. The van der Waals surface area contributed by atoms with E-state index in [4.69, 9.17) is 47.4 Å². The first-order chi connectivity index (χ1) is 20.5. The second kappa shape index (κ2) is 16.3. The Morgan fingerprint density at radius 2 is 0.841 bits per heavy atom. The lowest BCUT2D eigenvalue weighted by molar-refractivity contribution is -0.357. The zero-order valence-corrected chi connectivity index (χ0v) is 25.1. The van der Waals surface area contributed by atoms with Gasteiger partial charge in [-0.15, -0.1) is 0 Å². The van der Waals surface area contributed by atoms with Gasteiger partial charge in [-0.05, 0) is 0 Å². The van der Waals surface area contributed by atoms with Gasteiger partial charge in [-0.1, -0.05) is 0 Å². The summed E-state index contributed by atoms with van der Waals surface area (Å²) in [7, 11) is 0. The molecule has 2 aliphatic rings. The van der Waals surface area contributed by atoms with Crippen LogP contribution in [0.25, 0.3) is 0 Å². The highest BCUT2D eigenvalue weighted by molar-refractivity contribution is 5.69. The van der Waals surface area contributed by atoms with Crippen molar-refractivity contribution in [1.29, 1.82) is 0 Å². The highest BCUT2D eigenvalue weighted by Gasteiger charge is 2.57. The lowest BCUT2D eigenvalue weighted by Gasteiger charge is -2.48. The highest BCUT2D eigenvalue weighted by atomic mass is 16.8. The van der Waals surface area contributed by atoms with Gasteiger partial charge in [0.05, 0.1) is 0 Å². The molecular weight excluding hydrogens is 600 g/mol. The molecule has 0 amide bonds. The van der Waals surface area contributed by atoms with Crippen molar-refractivity contribution in [2.45, 2.75) is 110 Å². The molecule has 0 aromatic rings. The van der Waals surface area contributed by atoms with Crippen molar-refractivity contribution in [3.05, 3.63) is 0 Å². The number of esters is 7. The van der Waals surface area contributed by atoms with E-state index in [1.54, 1.807) is 0 Å². The van der Waals surface area contributed by atoms with Gasteiger partial charge in [0.1, 0.15) is 31.5 Å². The molecule has 0 aliphatic carbocycles. The lowest BCUT2D eigenvalue weighted by Crippen LogP contribution is -2.67. The molecule has 2 saturated heterocycles. The second-order valence-electron chi connectivity index (χ2n) is 9.68. The zero-order chi connectivity index (χ0) is 33.3. The number of hydrogen-bond donors (Lipinski definition) is 1. The molecule has 18 nitrogen and oxygen atoms in total. The number of carbonyl (C=O) groups is 7. The third kappa shape index (κ3) is 10.7. The Balaban J connectivity index is 2.66. The van der Waals surface area contributed by atoms with E-state index in [0.717, 1.165) is 48.5 Å². The Morgan fingerprint density at radius 3 is 1.27 bits per heavy atom. The molecule has 2 aliphatic heterocycles. The number of carbonyl (C=O) groups excluding carboxylic acids is 7. The van der Waals surface area contributed by atoms with Crippen LogP contribution >= 0.6 is 0 Å². The van der Waals surface area contributed by atoms with Gasteiger partial charge < -0.3 is 52.5 Å². The molecule has 0 unspecified atom stereocenters. The molecule has 2 heterocycles. The van der Waals surface area contributed by atoms with Gasteiger partial charge >= 0.3 is 41.8 Å². The van der Waals surface area contributed by atoms with Crippen molar-refractivity contribution in [3.63, 3.8) is 0 Å². The van der Waals surface area contributed by atoms with Crippen molar-refractivity contribution < 1.29 is 86.0 Å². The largest absolute Gasteiger partial charge is 0.463 e. The maximum Gasteiger partial charge on any atom is 0.303 e. The Morgan fingerprint density at radius 1 is 0.477 bits per heavy atom. The summed E-state index contributed by atoms with van der Waals surface area (Å²) in [6.07, 6.45) is -16.4. The van der Waals surface area contributed by atoms with Crippen LogP contribution in [0.5, 0.6) is 0 Å². The molecule has 2 fully saturated rings. The summed E-state index contributed by atoms with van der Waals surface area (Å²) in [6.45, 7) is 6.13. The maximum absolute atomic E-state index is 12.2. The SMILES string of the molecule is CC(=O)OC[C@H]1O[C@H](O[C@@H]2[C@H](OC(C)=O)[C@H](O)O[C@H](COC(C)=O)[C@H]2OC(C)=O)[C@@H](OC(C)=O)[C@@H](OC(C)=O)[C@@H]1OC(C)=O. The van der Waals surface area contributed by atoms with Gasteiger partial charge in [0.2, 0.25) is 0 Å². The van der Waals surface area contributed by atoms with E-state index in [1.165, 1.54) is 0 Å². The van der Waals surface area contributed by atoms with Crippen LogP contribution in [0.2, 0.25) is 0 Å². The molecular formula is C26H36O18. The zero-order valence-electron chi connectivity index (χ0n) is 25.1. The molecule has 248 valence electrons. The van der Waals surface area contributed by atoms with Crippen LogP contribution in [0.15, 0.2) is 0 Å². The smallest absolute Gasteiger partial charge is 0.303 e. The van der Waals surface area contributed by atoms with E-state index < -0.39 is 116 Å². The van der Waals surface area contributed by atoms with E-state index in [2.05, 4.69) is 0 Å². The first-order valence-electron chi connectivity index (χ1n) is 13.3. The average molecular weight is 637 g/mol. The fourth-order valence-electron chi connectivity index (χ4n) is 4.49. The number of hydrogen-bond acceptors (Lipinski definition) is 18. The van der Waals surface area contributed by atoms with Gasteiger partial charge in [-0.3, -0.25) is 33.6 Å². The Bertz CT molecular complexity index is 1090. The fraction of sp³-hybridized carbons (Fsp3) is 0.731. The summed E-state index contributed by atoms with van der Waals surface area (Å²) in [4.78, 5) is 83.5. The standard InChI is InChI=1S/C26H36O18/c1-10(27)35-8-17-19(37-12(3)29)21(23(25(34)42-17)40-15(6)32)44-26-24(41-16(7)33)22(39-14(5)31)20(38-13(4)30)18(43-26)9-36-11(2)28/h17-26,34H,8-9H2,1-7H3/t17-,18-,19-,20-,21+,22+,23+,24+,25-,26-/m1/s1. The van der Waals surface area contributed by atoms with Crippen molar-refractivity contribution in [2.24, 2.45) is 0 Å². The second-order valence-corrected chi connectivity index (χ2v) is 9.68. The Hall–Kier alpha value is -3.87. The van der Waals surface area contributed by atoms with E-state index in [1.807, 2.05) is 0 Å². The predicted octanol–water partition coefficient (Wildman–Crippen LogP) is -1.40. The van der Waals surface area contributed by atoms with Gasteiger partial charge in [-0.25, -0.2) is 0 Å². The molecule has 0 bridgehead atoms. The lowest BCUT2D eigenvalue weighted by atomic mass is 9.96. The summed E-state index contributed by atoms with van der Waals surface area (Å²) in [5.74, 6) is -6.03. The van der Waals surface area contributed by atoms with E-state index in [-0.39, 0.29) is 0 Å². The van der Waals surface area contributed by atoms with Gasteiger partial charge in [-0.2, -0.15) is 0 Å². The average Bonchev–Trinajstić information content (AvgIpc) is 2.87. The molecule has 0 aromatic carbocycles. The minimum Gasteiger partial charge on any atom is -0.463 e. The first kappa shape index (κ1) is 36.3. The minimum absolute atomic E-state index is 0.560. The molecule has 2 rings (SSSR count). The van der Waals surface area contributed by atoms with Crippen LogP contribution in [0, 0.1) is 0 Å². The maximum atomic E-state index is 12.2. The van der Waals surface area contributed by atoms with E-state index >= 15 is 0 Å². The Labute approximate surface area is 251 Å². The first-order valence-corrected chi connectivity index (χ1v) is 13.3. The monoisotopic (exact) mass is 636 g/mol. The molecule has 18 heteroatoms. The molecule has 1 N–H and O–H groups in total. The van der Waals surface area contributed by atoms with Gasteiger partial charge in [0, 0.05) is 48.5 Å². The van der Waals surface area contributed by atoms with Crippen LogP contribution in [-0.2, 0) is 80.9 Å².